The van der Waals surface area contributed by atoms with Gasteiger partial charge in [-0.2, -0.15) is 17.4 Å². The molecular weight excluding hydrogens is 351 g/mol. The van der Waals surface area contributed by atoms with E-state index >= 15 is 0 Å². The van der Waals surface area contributed by atoms with Crippen LogP contribution in [0.25, 0.3) is 0 Å². The Labute approximate surface area is 148 Å². The van der Waals surface area contributed by atoms with Crippen LogP contribution < -0.4 is 16.2 Å². The second kappa shape index (κ2) is 8.76. The van der Waals surface area contributed by atoms with E-state index in [2.05, 4.69) is 4.72 Å². The summed E-state index contributed by atoms with van der Waals surface area (Å²) < 4.78 is 28.7. The second-order valence-electron chi connectivity index (χ2n) is 6.96. The van der Waals surface area contributed by atoms with Crippen molar-refractivity contribution in [1.82, 2.24) is 9.03 Å². The van der Waals surface area contributed by atoms with Gasteiger partial charge in [0.2, 0.25) is 0 Å². The third kappa shape index (κ3) is 5.61. The Bertz CT molecular complexity index is 561. The van der Waals surface area contributed by atoms with E-state index in [0.29, 0.717) is 6.42 Å². The highest BCUT2D eigenvalue weighted by Gasteiger charge is 2.52. The maximum atomic E-state index is 12.6. The van der Waals surface area contributed by atoms with Crippen molar-refractivity contribution < 1.29 is 28.4 Å². The van der Waals surface area contributed by atoms with Gasteiger partial charge in [0.1, 0.15) is 5.54 Å². The van der Waals surface area contributed by atoms with Crippen LogP contribution >= 0.6 is 0 Å². The summed E-state index contributed by atoms with van der Waals surface area (Å²) in [4.78, 5) is 11.6. The van der Waals surface area contributed by atoms with Crippen molar-refractivity contribution >= 4 is 23.3 Å². The number of carbonyl (C=O) groups is 1. The molecular formula is C13H29BN4O6S. The molecule has 3 atom stereocenters. The molecule has 1 heterocycles. The first-order chi connectivity index (χ1) is 11.4. The molecule has 0 amide bonds. The zero-order valence-corrected chi connectivity index (χ0v) is 15.4. The normalized spacial score (nSPS) is 26.1. The van der Waals surface area contributed by atoms with Crippen LogP contribution in [0.3, 0.4) is 0 Å². The first kappa shape index (κ1) is 22.3. The van der Waals surface area contributed by atoms with E-state index < -0.39 is 40.8 Å². The summed E-state index contributed by atoms with van der Waals surface area (Å²) in [6, 6.07) is -0.467. The number of nitrogens with one attached hydrogen (secondary N) is 1. The number of nitrogens with zero attached hydrogens (tertiary/aromatic N) is 1. The molecule has 1 aliphatic heterocycles. The number of carboxylic acid groups (broad SMARTS) is 1. The highest BCUT2D eigenvalue weighted by molar-refractivity contribution is 7.87. The summed E-state index contributed by atoms with van der Waals surface area (Å²) in [5.41, 5.74) is 9.86. The van der Waals surface area contributed by atoms with Crippen LogP contribution in [0.5, 0.6) is 0 Å². The molecule has 8 N–H and O–H groups in total. The fourth-order valence-corrected chi connectivity index (χ4v) is 4.60. The van der Waals surface area contributed by atoms with Crippen LogP contribution in [-0.2, 0) is 15.0 Å². The van der Waals surface area contributed by atoms with Gasteiger partial charge < -0.3 is 26.6 Å². The highest BCUT2D eigenvalue weighted by atomic mass is 32.2. The molecule has 0 saturated carbocycles. The van der Waals surface area contributed by atoms with E-state index in [4.69, 9.17) is 21.5 Å². The zero-order valence-electron chi connectivity index (χ0n) is 14.6. The van der Waals surface area contributed by atoms with Crippen molar-refractivity contribution in [1.29, 1.82) is 0 Å². The van der Waals surface area contributed by atoms with Gasteiger partial charge >= 0.3 is 13.1 Å². The zero-order chi connectivity index (χ0) is 19.4. The van der Waals surface area contributed by atoms with Crippen LogP contribution in [0.15, 0.2) is 0 Å². The first-order valence-electron chi connectivity index (χ1n) is 8.30. The smallest absolute Gasteiger partial charge is 0.451 e. The van der Waals surface area contributed by atoms with Crippen molar-refractivity contribution in [3.05, 3.63) is 0 Å². The van der Waals surface area contributed by atoms with Gasteiger partial charge in [0.05, 0.1) is 0 Å². The molecule has 0 aliphatic carbocycles. The number of hydrogen-bond donors (Lipinski definition) is 6. The molecule has 1 saturated heterocycles. The summed E-state index contributed by atoms with van der Waals surface area (Å²) in [6.07, 6.45) is 0.671. The third-order valence-electron chi connectivity index (χ3n) is 4.70. The molecule has 0 aromatic carbocycles. The monoisotopic (exact) mass is 380 g/mol. The van der Waals surface area contributed by atoms with Gasteiger partial charge in [-0.05, 0) is 18.7 Å². The van der Waals surface area contributed by atoms with Gasteiger partial charge in [-0.3, -0.25) is 4.79 Å². The Morgan fingerprint density at radius 3 is 2.48 bits per heavy atom. The molecule has 12 heteroatoms. The van der Waals surface area contributed by atoms with E-state index in [1.165, 1.54) is 0 Å². The van der Waals surface area contributed by atoms with E-state index in [0.717, 1.165) is 4.31 Å². The lowest BCUT2D eigenvalue weighted by Crippen LogP contribution is -2.56. The van der Waals surface area contributed by atoms with Crippen molar-refractivity contribution in [3.8, 4) is 0 Å². The maximum absolute atomic E-state index is 12.6. The summed E-state index contributed by atoms with van der Waals surface area (Å²) in [7, 11) is -5.42. The van der Waals surface area contributed by atoms with Crippen molar-refractivity contribution in [3.63, 3.8) is 0 Å². The largest absolute Gasteiger partial charge is 0.480 e. The Morgan fingerprint density at radius 2 is 2.04 bits per heavy atom. The number of rotatable bonds is 10. The molecule has 0 radical (unpaired) electrons. The Kier molecular flexibility index (Phi) is 7.81. The Hall–Kier alpha value is -0.755. The quantitative estimate of drug-likeness (QED) is 0.230. The topological polar surface area (TPSA) is 179 Å². The molecule has 0 unspecified atom stereocenters. The lowest BCUT2D eigenvalue weighted by Gasteiger charge is -2.26. The molecule has 0 spiro atoms. The molecule has 0 bridgehead atoms. The summed E-state index contributed by atoms with van der Waals surface area (Å²) in [6.45, 7) is 3.39. The number of carboxylic acids is 1. The van der Waals surface area contributed by atoms with Gasteiger partial charge in [0.25, 0.3) is 10.2 Å². The van der Waals surface area contributed by atoms with Gasteiger partial charge in [0, 0.05) is 31.6 Å². The molecule has 1 aliphatic rings. The second-order valence-corrected chi connectivity index (χ2v) is 8.66. The molecule has 0 aromatic heterocycles. The fraction of sp³-hybridized carbons (Fsp3) is 0.923. The minimum Gasteiger partial charge on any atom is -0.480 e. The Morgan fingerprint density at radius 1 is 1.44 bits per heavy atom. The molecule has 1 fully saturated rings. The van der Waals surface area contributed by atoms with Gasteiger partial charge in [-0.25, -0.2) is 0 Å². The average Bonchev–Trinajstić information content (AvgIpc) is 2.84. The van der Waals surface area contributed by atoms with Crippen molar-refractivity contribution in [2.45, 2.75) is 44.6 Å². The minimum atomic E-state index is -3.93. The molecule has 146 valence electrons. The summed E-state index contributed by atoms with van der Waals surface area (Å²) >= 11 is 0. The standard InChI is InChI=1S/C13H29BN4O6S/c1-9(2)11(6-15)17-25(23,24)18-7-10(4-3-5-14(21)22)13(16,8-18)12(19)20/h9-11,17,21-22H,3-8,15-16H2,1-2H3,(H,19,20)/t10-,11+,13-/m0/s1. The molecule has 10 nitrogen and oxygen atoms in total. The van der Waals surface area contributed by atoms with E-state index in [1.807, 2.05) is 13.8 Å². The van der Waals surface area contributed by atoms with E-state index in [1.54, 1.807) is 0 Å². The highest BCUT2D eigenvalue weighted by Crippen LogP contribution is 2.32. The van der Waals surface area contributed by atoms with Crippen LogP contribution in [0.4, 0.5) is 0 Å². The van der Waals surface area contributed by atoms with Crippen LogP contribution in [0, 0.1) is 11.8 Å². The van der Waals surface area contributed by atoms with Gasteiger partial charge in [-0.15, -0.1) is 0 Å². The van der Waals surface area contributed by atoms with Crippen molar-refractivity contribution in [2.75, 3.05) is 19.6 Å². The average molecular weight is 380 g/mol. The van der Waals surface area contributed by atoms with E-state index in [-0.39, 0.29) is 38.3 Å². The van der Waals surface area contributed by atoms with Crippen LogP contribution in [0.2, 0.25) is 6.32 Å². The SMILES string of the molecule is CC(C)[C@@H](CN)NS(=O)(=O)N1C[C@H](CCCB(O)O)[C@](N)(C(=O)O)C1. The molecule has 25 heavy (non-hydrogen) atoms. The lowest BCUT2D eigenvalue weighted by atomic mass is 9.78. The van der Waals surface area contributed by atoms with Gasteiger partial charge in [0.15, 0.2) is 0 Å². The maximum Gasteiger partial charge on any atom is 0.451 e. The number of aliphatic carboxylic acids is 1. The Balaban J connectivity index is 2.90. The third-order valence-corrected chi connectivity index (χ3v) is 6.26. The summed E-state index contributed by atoms with van der Waals surface area (Å²) in [5, 5.41) is 27.3. The first-order valence-corrected chi connectivity index (χ1v) is 9.74. The number of nitrogens with two attached hydrogens (primary N) is 2. The van der Waals surface area contributed by atoms with Crippen LogP contribution in [0.1, 0.15) is 26.7 Å². The summed E-state index contributed by atoms with van der Waals surface area (Å²) in [5.74, 6) is -1.93. The predicted molar refractivity (Wildman–Crippen MR) is 93.6 cm³/mol. The molecule has 0 aromatic rings. The van der Waals surface area contributed by atoms with Crippen LogP contribution in [-0.4, -0.2) is 72.2 Å². The van der Waals surface area contributed by atoms with E-state index in [9.17, 15) is 18.3 Å². The molecule has 1 rings (SSSR count). The fourth-order valence-electron chi connectivity index (χ4n) is 2.94. The minimum absolute atomic E-state index is 0.0219. The predicted octanol–water partition coefficient (Wildman–Crippen LogP) is -2.23. The van der Waals surface area contributed by atoms with Gasteiger partial charge in [-0.1, -0.05) is 20.3 Å². The lowest BCUT2D eigenvalue weighted by molar-refractivity contribution is -0.144. The number of hydrogen-bond acceptors (Lipinski definition) is 7. The van der Waals surface area contributed by atoms with Crippen molar-refractivity contribution in [2.24, 2.45) is 23.3 Å².